The number of hydrogen-bond donors (Lipinski definition) is 2. The Labute approximate surface area is 230 Å². The molecule has 1 saturated heterocycles. The molecule has 2 N–H and O–H groups in total. The van der Waals surface area contributed by atoms with Gasteiger partial charge in [-0.1, -0.05) is 11.6 Å². The van der Waals surface area contributed by atoms with E-state index in [1.165, 1.54) is 25.4 Å². The minimum Gasteiger partial charge on any atom is -0.478 e. The molecule has 3 heterocycles. The molecule has 4 rings (SSSR count). The highest BCUT2D eigenvalue weighted by molar-refractivity contribution is 6.30. The second kappa shape index (κ2) is 11.1. The van der Waals surface area contributed by atoms with Crippen molar-refractivity contribution >= 4 is 40.8 Å². The zero-order chi connectivity index (χ0) is 28.5. The second-order valence-electron chi connectivity index (χ2n) is 9.99. The Hall–Kier alpha value is -3.83. The van der Waals surface area contributed by atoms with Crippen LogP contribution in [0, 0.1) is 19.7 Å². The van der Waals surface area contributed by atoms with Crippen molar-refractivity contribution in [2.45, 2.75) is 39.8 Å². The van der Waals surface area contributed by atoms with Crippen molar-refractivity contribution in [1.29, 1.82) is 0 Å². The molecule has 3 aromatic rings. The topological polar surface area (TPSA) is 121 Å². The SMILES string of the molecule is COCc1nc(C(=O)N2CCN(c3cc(C)c(C(=O)O)c(C)n3)CC2(C)C)cnc1Nc1ccc(Cl)c(F)c1. The van der Waals surface area contributed by atoms with E-state index in [0.717, 1.165) is 0 Å². The fourth-order valence-corrected chi connectivity index (χ4v) is 4.86. The summed E-state index contributed by atoms with van der Waals surface area (Å²) in [6.07, 6.45) is 1.39. The summed E-state index contributed by atoms with van der Waals surface area (Å²) in [4.78, 5) is 42.4. The van der Waals surface area contributed by atoms with Crippen LogP contribution in [0.5, 0.6) is 0 Å². The number of pyridine rings is 1. The number of hydrogen-bond acceptors (Lipinski definition) is 8. The van der Waals surface area contributed by atoms with E-state index in [1.807, 2.05) is 13.8 Å². The second-order valence-corrected chi connectivity index (χ2v) is 10.4. The first-order valence-corrected chi connectivity index (χ1v) is 12.6. The van der Waals surface area contributed by atoms with Gasteiger partial charge in [-0.25, -0.2) is 24.1 Å². The standard InChI is InChI=1S/C27H30ClFN6O4/c1-15-10-22(31-16(2)23(15)26(37)38)34-8-9-35(27(3,4)14-34)25(36)20-12-30-24(21(33-20)13-39-5)32-17-6-7-18(28)19(29)11-17/h6-7,10-12H,8-9,13-14H2,1-5H3,(H,30,32)(H,37,38). The number of methoxy groups -OCH3 is 1. The normalized spacial score (nSPS) is 14.8. The van der Waals surface area contributed by atoms with Crippen LogP contribution in [0.2, 0.25) is 5.02 Å². The summed E-state index contributed by atoms with van der Waals surface area (Å²) in [6.45, 7) is 8.82. The molecule has 0 unspecified atom stereocenters. The van der Waals surface area contributed by atoms with Crippen molar-refractivity contribution in [2.75, 3.05) is 37.0 Å². The number of rotatable bonds is 7. The lowest BCUT2D eigenvalue weighted by Crippen LogP contribution is -2.61. The van der Waals surface area contributed by atoms with Gasteiger partial charge < -0.3 is 25.0 Å². The van der Waals surface area contributed by atoms with Crippen molar-refractivity contribution in [3.63, 3.8) is 0 Å². The van der Waals surface area contributed by atoms with Crippen LogP contribution in [-0.2, 0) is 11.3 Å². The van der Waals surface area contributed by atoms with E-state index in [1.54, 1.807) is 30.9 Å². The molecule has 0 bridgehead atoms. The molecular formula is C27H30ClFN6O4. The van der Waals surface area contributed by atoms with E-state index in [2.05, 4.69) is 25.2 Å². The first-order valence-electron chi connectivity index (χ1n) is 12.3. The smallest absolute Gasteiger partial charge is 0.337 e. The number of ether oxygens (including phenoxy) is 1. The number of piperazine rings is 1. The number of halogens is 2. The van der Waals surface area contributed by atoms with Gasteiger partial charge in [0.1, 0.15) is 23.0 Å². The minimum absolute atomic E-state index is 0.00531. The van der Waals surface area contributed by atoms with Crippen molar-refractivity contribution < 1.29 is 23.8 Å². The van der Waals surface area contributed by atoms with Gasteiger partial charge in [0.15, 0.2) is 5.82 Å². The Balaban J connectivity index is 1.55. The van der Waals surface area contributed by atoms with Gasteiger partial charge in [-0.15, -0.1) is 0 Å². The van der Waals surface area contributed by atoms with Crippen molar-refractivity contribution in [1.82, 2.24) is 19.9 Å². The predicted molar refractivity (Wildman–Crippen MR) is 145 cm³/mol. The molecule has 1 aliphatic rings. The molecule has 0 atom stereocenters. The molecule has 39 heavy (non-hydrogen) atoms. The largest absolute Gasteiger partial charge is 0.478 e. The third-order valence-corrected chi connectivity index (χ3v) is 6.90. The lowest BCUT2D eigenvalue weighted by atomic mass is 9.97. The highest BCUT2D eigenvalue weighted by Gasteiger charge is 2.38. The highest BCUT2D eigenvalue weighted by Crippen LogP contribution is 2.29. The van der Waals surface area contributed by atoms with Gasteiger partial charge in [0.25, 0.3) is 5.91 Å². The van der Waals surface area contributed by atoms with E-state index < -0.39 is 17.3 Å². The van der Waals surface area contributed by atoms with Gasteiger partial charge in [-0.05, 0) is 57.5 Å². The summed E-state index contributed by atoms with van der Waals surface area (Å²) in [5.41, 5.74) is 1.68. The van der Waals surface area contributed by atoms with E-state index in [-0.39, 0.29) is 28.8 Å². The van der Waals surface area contributed by atoms with Gasteiger partial charge in [0.2, 0.25) is 0 Å². The van der Waals surface area contributed by atoms with Gasteiger partial charge >= 0.3 is 5.97 Å². The van der Waals surface area contributed by atoms with Crippen LogP contribution >= 0.6 is 11.6 Å². The van der Waals surface area contributed by atoms with E-state index in [0.29, 0.717) is 53.9 Å². The Morgan fingerprint density at radius 2 is 1.95 bits per heavy atom. The Morgan fingerprint density at radius 1 is 1.21 bits per heavy atom. The number of amides is 1. The Bertz CT molecular complexity index is 1410. The van der Waals surface area contributed by atoms with Gasteiger partial charge in [-0.3, -0.25) is 4.79 Å². The summed E-state index contributed by atoms with van der Waals surface area (Å²) in [5.74, 6) is -0.855. The molecule has 1 fully saturated rings. The van der Waals surface area contributed by atoms with Crippen LogP contribution in [0.15, 0.2) is 30.5 Å². The Kier molecular flexibility index (Phi) is 8.03. The number of carbonyl (C=O) groups is 2. The van der Waals surface area contributed by atoms with Crippen LogP contribution in [0.3, 0.4) is 0 Å². The monoisotopic (exact) mass is 556 g/mol. The third-order valence-electron chi connectivity index (χ3n) is 6.60. The van der Waals surface area contributed by atoms with Crippen LogP contribution < -0.4 is 10.2 Å². The lowest BCUT2D eigenvalue weighted by molar-refractivity contribution is 0.0505. The number of carboxylic acid groups (broad SMARTS) is 1. The number of nitrogens with zero attached hydrogens (tertiary/aromatic N) is 5. The summed E-state index contributed by atoms with van der Waals surface area (Å²) in [7, 11) is 1.50. The van der Waals surface area contributed by atoms with Gasteiger partial charge in [-0.2, -0.15) is 0 Å². The summed E-state index contributed by atoms with van der Waals surface area (Å²) in [5, 5.41) is 12.5. The average Bonchev–Trinajstić information content (AvgIpc) is 2.85. The molecule has 1 aromatic carbocycles. The number of nitrogens with one attached hydrogen (secondary N) is 1. The predicted octanol–water partition coefficient (Wildman–Crippen LogP) is 4.61. The number of aromatic carboxylic acids is 1. The maximum atomic E-state index is 13.9. The maximum absolute atomic E-state index is 13.9. The number of benzene rings is 1. The number of aryl methyl sites for hydroxylation is 2. The molecule has 0 radical (unpaired) electrons. The summed E-state index contributed by atoms with van der Waals surface area (Å²) in [6, 6.07) is 6.05. The van der Waals surface area contributed by atoms with Crippen molar-refractivity contribution in [3.8, 4) is 0 Å². The van der Waals surface area contributed by atoms with Crippen molar-refractivity contribution in [3.05, 3.63) is 69.5 Å². The van der Waals surface area contributed by atoms with E-state index in [9.17, 15) is 19.1 Å². The van der Waals surface area contributed by atoms with Crippen LogP contribution in [0.4, 0.5) is 21.7 Å². The van der Waals surface area contributed by atoms with E-state index in [4.69, 9.17) is 16.3 Å². The molecule has 0 saturated carbocycles. The fraction of sp³-hybridized carbons (Fsp3) is 0.370. The molecule has 12 heteroatoms. The first kappa shape index (κ1) is 28.2. The van der Waals surface area contributed by atoms with Gasteiger partial charge in [0.05, 0.1) is 34.6 Å². The molecule has 10 nitrogen and oxygen atoms in total. The number of carbonyl (C=O) groups excluding carboxylic acids is 1. The Morgan fingerprint density at radius 3 is 2.56 bits per heavy atom. The van der Waals surface area contributed by atoms with E-state index >= 15 is 0 Å². The molecule has 1 aliphatic heterocycles. The average molecular weight is 557 g/mol. The molecule has 0 aliphatic carbocycles. The third kappa shape index (κ3) is 5.94. The maximum Gasteiger partial charge on any atom is 0.337 e. The zero-order valence-electron chi connectivity index (χ0n) is 22.4. The van der Waals surface area contributed by atoms with Crippen LogP contribution in [-0.4, -0.2) is 69.1 Å². The number of carboxylic acids is 1. The van der Waals surface area contributed by atoms with Crippen molar-refractivity contribution in [2.24, 2.45) is 0 Å². The zero-order valence-corrected chi connectivity index (χ0v) is 23.1. The number of anilines is 3. The minimum atomic E-state index is -1.00. The molecule has 1 amide bonds. The highest BCUT2D eigenvalue weighted by atomic mass is 35.5. The molecule has 2 aromatic heterocycles. The van der Waals surface area contributed by atoms with Crippen LogP contribution in [0.1, 0.15) is 51.6 Å². The fourth-order valence-electron chi connectivity index (χ4n) is 4.74. The molecule has 0 spiro atoms. The first-order chi connectivity index (χ1) is 18.4. The molecular weight excluding hydrogens is 527 g/mol. The number of aromatic nitrogens is 3. The summed E-state index contributed by atoms with van der Waals surface area (Å²) >= 11 is 5.77. The van der Waals surface area contributed by atoms with Gasteiger partial charge in [0, 0.05) is 32.4 Å². The van der Waals surface area contributed by atoms with Crippen LogP contribution in [0.25, 0.3) is 0 Å². The quantitative estimate of drug-likeness (QED) is 0.429. The lowest BCUT2D eigenvalue weighted by Gasteiger charge is -2.47. The molecule has 206 valence electrons. The summed E-state index contributed by atoms with van der Waals surface area (Å²) < 4.78 is 19.2.